The third kappa shape index (κ3) is 3.54. The number of hydrogen-bond acceptors (Lipinski definition) is 6. The van der Waals surface area contributed by atoms with E-state index in [9.17, 15) is 0 Å². The van der Waals surface area contributed by atoms with Crippen molar-refractivity contribution in [2.45, 2.75) is 11.8 Å². The fourth-order valence-electron chi connectivity index (χ4n) is 3.60. The van der Waals surface area contributed by atoms with Crippen LogP contribution in [-0.4, -0.2) is 19.9 Å². The smallest absolute Gasteiger partial charge is 0.220 e. The van der Waals surface area contributed by atoms with Crippen LogP contribution in [0.4, 0.5) is 5.95 Å². The fraction of sp³-hybridized carbons (Fsp3) is 0.0870. The zero-order valence-electron chi connectivity index (χ0n) is 15.6. The number of rotatable bonds is 5. The number of nitriles is 1. The van der Waals surface area contributed by atoms with E-state index >= 15 is 0 Å². The quantitative estimate of drug-likeness (QED) is 0.572. The van der Waals surface area contributed by atoms with E-state index in [4.69, 9.17) is 11.0 Å². The van der Waals surface area contributed by atoms with Crippen LogP contribution in [0.25, 0.3) is 0 Å². The second kappa shape index (κ2) is 7.87. The Balaban J connectivity index is 1.98. The number of hydrogen-bond donors (Lipinski definition) is 1. The summed E-state index contributed by atoms with van der Waals surface area (Å²) in [5, 5.41) is 9.13. The SMILES string of the molecule is N#Cc1ccc(CC(c2cccnc2)(c2cccnc2)c2ccnc(N)n2)cc1. The molecule has 0 radical (unpaired) electrons. The van der Waals surface area contributed by atoms with Crippen LogP contribution in [-0.2, 0) is 11.8 Å². The molecule has 0 saturated heterocycles. The Kier molecular flexibility index (Phi) is 4.95. The molecule has 0 saturated carbocycles. The maximum atomic E-state index is 9.13. The molecule has 0 aliphatic carbocycles. The molecule has 3 heterocycles. The number of anilines is 1. The third-order valence-corrected chi connectivity index (χ3v) is 4.97. The van der Waals surface area contributed by atoms with Crippen LogP contribution in [0.15, 0.2) is 85.6 Å². The van der Waals surface area contributed by atoms with Crippen LogP contribution in [0.1, 0.15) is 27.9 Å². The predicted octanol–water partition coefficient (Wildman–Crippen LogP) is 3.30. The summed E-state index contributed by atoms with van der Waals surface area (Å²) in [6.45, 7) is 0. The maximum absolute atomic E-state index is 9.13. The molecule has 0 atom stereocenters. The van der Waals surface area contributed by atoms with Crippen molar-refractivity contribution in [1.29, 1.82) is 5.26 Å². The Morgan fingerprint density at radius 3 is 2.03 bits per heavy atom. The number of nitrogens with zero attached hydrogens (tertiary/aromatic N) is 5. The highest BCUT2D eigenvalue weighted by Crippen LogP contribution is 2.40. The van der Waals surface area contributed by atoms with E-state index in [1.54, 1.807) is 18.6 Å². The first kappa shape index (κ1) is 18.3. The van der Waals surface area contributed by atoms with Crippen molar-refractivity contribution in [3.8, 4) is 6.07 Å². The van der Waals surface area contributed by atoms with Gasteiger partial charge in [0.05, 0.1) is 22.7 Å². The van der Waals surface area contributed by atoms with Gasteiger partial charge in [-0.1, -0.05) is 24.3 Å². The zero-order chi connectivity index (χ0) is 20.1. The first-order valence-electron chi connectivity index (χ1n) is 9.11. The number of pyridine rings is 2. The molecule has 6 nitrogen and oxygen atoms in total. The summed E-state index contributed by atoms with van der Waals surface area (Å²) in [7, 11) is 0. The van der Waals surface area contributed by atoms with E-state index in [1.807, 2.05) is 67.0 Å². The van der Waals surface area contributed by atoms with Crippen LogP contribution < -0.4 is 5.73 Å². The van der Waals surface area contributed by atoms with E-state index < -0.39 is 5.41 Å². The molecule has 0 fully saturated rings. The lowest BCUT2D eigenvalue weighted by Crippen LogP contribution is -2.34. The average molecular weight is 378 g/mol. The van der Waals surface area contributed by atoms with Gasteiger partial charge in [0.25, 0.3) is 0 Å². The minimum atomic E-state index is -0.673. The topological polar surface area (TPSA) is 101 Å². The predicted molar refractivity (Wildman–Crippen MR) is 110 cm³/mol. The Morgan fingerprint density at radius 2 is 1.52 bits per heavy atom. The molecule has 2 N–H and O–H groups in total. The first-order valence-corrected chi connectivity index (χ1v) is 9.11. The minimum absolute atomic E-state index is 0.208. The lowest BCUT2D eigenvalue weighted by Gasteiger charge is -2.34. The van der Waals surface area contributed by atoms with Crippen molar-refractivity contribution in [1.82, 2.24) is 19.9 Å². The van der Waals surface area contributed by atoms with Crippen molar-refractivity contribution < 1.29 is 0 Å². The normalized spacial score (nSPS) is 11.0. The highest BCUT2D eigenvalue weighted by molar-refractivity contribution is 5.49. The molecule has 0 unspecified atom stereocenters. The monoisotopic (exact) mass is 378 g/mol. The van der Waals surface area contributed by atoms with E-state index in [1.165, 1.54) is 0 Å². The highest BCUT2D eigenvalue weighted by Gasteiger charge is 2.39. The molecule has 3 aromatic heterocycles. The molecule has 0 bridgehead atoms. The largest absolute Gasteiger partial charge is 0.368 e. The van der Waals surface area contributed by atoms with Gasteiger partial charge in [0.15, 0.2) is 0 Å². The number of nitrogens with two attached hydrogens (primary N) is 1. The van der Waals surface area contributed by atoms with Gasteiger partial charge in [-0.15, -0.1) is 0 Å². The Hall–Kier alpha value is -4.11. The van der Waals surface area contributed by atoms with Crippen LogP contribution in [0.2, 0.25) is 0 Å². The lowest BCUT2D eigenvalue weighted by atomic mass is 9.69. The van der Waals surface area contributed by atoms with Crippen LogP contribution >= 0.6 is 0 Å². The van der Waals surface area contributed by atoms with Gasteiger partial charge in [-0.25, -0.2) is 9.97 Å². The van der Waals surface area contributed by atoms with Crippen molar-refractivity contribution in [3.05, 3.63) is 114 Å². The van der Waals surface area contributed by atoms with Crippen LogP contribution in [0.5, 0.6) is 0 Å². The average Bonchev–Trinajstić information content (AvgIpc) is 2.79. The first-order chi connectivity index (χ1) is 14.2. The molecular weight excluding hydrogens is 360 g/mol. The van der Waals surface area contributed by atoms with Gasteiger partial charge in [0.2, 0.25) is 5.95 Å². The van der Waals surface area contributed by atoms with E-state index in [-0.39, 0.29) is 5.95 Å². The summed E-state index contributed by atoms with van der Waals surface area (Å²) < 4.78 is 0. The van der Waals surface area contributed by atoms with Gasteiger partial charge in [0, 0.05) is 31.0 Å². The van der Waals surface area contributed by atoms with Crippen LogP contribution in [0.3, 0.4) is 0 Å². The molecule has 0 aliphatic rings. The molecular formula is C23H18N6. The molecule has 4 rings (SSSR count). The third-order valence-electron chi connectivity index (χ3n) is 4.97. The minimum Gasteiger partial charge on any atom is -0.368 e. The summed E-state index contributed by atoms with van der Waals surface area (Å²) in [4.78, 5) is 17.4. The molecule has 29 heavy (non-hydrogen) atoms. The molecule has 0 spiro atoms. The van der Waals surface area contributed by atoms with Crippen molar-refractivity contribution >= 4 is 5.95 Å². The van der Waals surface area contributed by atoms with Gasteiger partial charge in [-0.3, -0.25) is 9.97 Å². The van der Waals surface area contributed by atoms with Gasteiger partial charge < -0.3 is 5.73 Å². The van der Waals surface area contributed by atoms with E-state index in [0.29, 0.717) is 12.0 Å². The molecule has 4 aromatic rings. The second-order valence-corrected chi connectivity index (χ2v) is 6.67. The van der Waals surface area contributed by atoms with Crippen molar-refractivity contribution in [2.24, 2.45) is 0 Å². The van der Waals surface area contributed by atoms with Crippen molar-refractivity contribution in [2.75, 3.05) is 5.73 Å². The van der Waals surface area contributed by atoms with Gasteiger partial charge in [-0.05, 0) is 53.4 Å². The Bertz CT molecular complexity index is 1100. The molecule has 1 aromatic carbocycles. The molecule has 140 valence electrons. The second-order valence-electron chi connectivity index (χ2n) is 6.67. The fourth-order valence-corrected chi connectivity index (χ4v) is 3.60. The summed E-state index contributed by atoms with van der Waals surface area (Å²) >= 11 is 0. The van der Waals surface area contributed by atoms with Crippen molar-refractivity contribution in [3.63, 3.8) is 0 Å². The number of benzene rings is 1. The summed E-state index contributed by atoms with van der Waals surface area (Å²) in [5.74, 6) is 0.208. The summed E-state index contributed by atoms with van der Waals surface area (Å²) in [6, 6.07) is 19.5. The molecule has 0 amide bonds. The standard InChI is InChI=1S/C23H18N6/c24-14-18-7-5-17(6-8-18)13-23(19-3-1-10-26-15-19,20-4-2-11-27-16-20)21-9-12-28-22(25)29-21/h1-12,15-16H,13H2,(H2,25,28,29). The Labute approximate surface area is 168 Å². The van der Waals surface area contributed by atoms with Gasteiger partial charge in [-0.2, -0.15) is 5.26 Å². The van der Waals surface area contributed by atoms with Gasteiger partial charge >= 0.3 is 0 Å². The summed E-state index contributed by atoms with van der Waals surface area (Å²) in [5.41, 5.74) is 9.64. The van der Waals surface area contributed by atoms with Gasteiger partial charge in [0.1, 0.15) is 0 Å². The van der Waals surface area contributed by atoms with E-state index in [0.717, 1.165) is 22.4 Å². The summed E-state index contributed by atoms with van der Waals surface area (Å²) in [6.07, 6.45) is 9.43. The maximum Gasteiger partial charge on any atom is 0.220 e. The van der Waals surface area contributed by atoms with E-state index in [2.05, 4.69) is 26.0 Å². The molecule has 0 aliphatic heterocycles. The van der Waals surface area contributed by atoms with Crippen LogP contribution in [0, 0.1) is 11.3 Å². The molecule has 6 heteroatoms. The highest BCUT2D eigenvalue weighted by atomic mass is 15.0. The lowest BCUT2D eigenvalue weighted by molar-refractivity contribution is 0.586. The Morgan fingerprint density at radius 1 is 0.862 bits per heavy atom. The number of aromatic nitrogens is 4. The number of nitrogen functional groups attached to an aromatic ring is 1. The zero-order valence-corrected chi connectivity index (χ0v) is 15.6.